The van der Waals surface area contributed by atoms with E-state index in [1.165, 1.54) is 96.4 Å². The summed E-state index contributed by atoms with van der Waals surface area (Å²) in [6.45, 7) is 16.0. The van der Waals surface area contributed by atoms with E-state index >= 15 is 0 Å². The second-order valence-corrected chi connectivity index (χ2v) is 15.0. The molecule has 6 unspecified atom stereocenters. The molecule has 0 aromatic rings. The molecule has 0 radical (unpaired) electrons. The molecule has 1 aliphatic heterocycles. The van der Waals surface area contributed by atoms with Crippen LogP contribution in [-0.4, -0.2) is 25.8 Å². The molecule has 1 N–H and O–H groups in total. The molecule has 5 aliphatic rings. The van der Waals surface area contributed by atoms with Gasteiger partial charge in [-0.05, 0) is 123 Å². The van der Waals surface area contributed by atoms with Crippen LogP contribution in [0.4, 0.5) is 0 Å². The molecule has 2 heteroatoms. The van der Waals surface area contributed by atoms with Gasteiger partial charge in [0.05, 0.1) is 0 Å². The van der Waals surface area contributed by atoms with Gasteiger partial charge in [0, 0.05) is 25.8 Å². The summed E-state index contributed by atoms with van der Waals surface area (Å²) in [4.78, 5) is 0. The van der Waals surface area contributed by atoms with Gasteiger partial charge >= 0.3 is 0 Å². The Morgan fingerprint density at radius 1 is 0.944 bits per heavy atom. The Hall–Kier alpha value is -0.340. The van der Waals surface area contributed by atoms with Gasteiger partial charge in [-0.3, -0.25) is 0 Å². The van der Waals surface area contributed by atoms with Crippen molar-refractivity contribution in [1.82, 2.24) is 5.32 Å². The molecule has 0 bridgehead atoms. The van der Waals surface area contributed by atoms with E-state index in [2.05, 4.69) is 46.0 Å². The van der Waals surface area contributed by atoms with Crippen molar-refractivity contribution < 1.29 is 4.74 Å². The number of nitrogens with one attached hydrogen (secondary N) is 1. The van der Waals surface area contributed by atoms with E-state index in [4.69, 9.17) is 4.74 Å². The first-order valence-corrected chi connectivity index (χ1v) is 16.3. The molecule has 4 fully saturated rings. The van der Waals surface area contributed by atoms with Crippen LogP contribution < -0.4 is 5.32 Å². The van der Waals surface area contributed by atoms with E-state index in [1.807, 2.05) is 5.57 Å². The maximum atomic E-state index is 5.92. The lowest BCUT2D eigenvalue weighted by Crippen LogP contribution is -2.50. The van der Waals surface area contributed by atoms with Gasteiger partial charge in [0.2, 0.25) is 0 Å². The Morgan fingerprint density at radius 2 is 1.78 bits per heavy atom. The molecule has 0 spiro atoms. The van der Waals surface area contributed by atoms with Crippen LogP contribution in [-0.2, 0) is 4.74 Å². The van der Waals surface area contributed by atoms with Crippen molar-refractivity contribution in [2.24, 2.45) is 52.3 Å². The van der Waals surface area contributed by atoms with Crippen LogP contribution in [0.2, 0.25) is 0 Å². The summed E-state index contributed by atoms with van der Waals surface area (Å²) in [5, 5.41) is 3.37. The highest BCUT2D eigenvalue weighted by molar-refractivity contribution is 5.25. The van der Waals surface area contributed by atoms with E-state index in [1.54, 1.807) is 0 Å². The van der Waals surface area contributed by atoms with Gasteiger partial charge in [0.15, 0.2) is 0 Å². The SMILES string of the molecule is CC(C)CCCC(C)C1CCC2C3CC=C4C[C@@H](CCCOCCC5CN5)CC[C@]4(C)C3CC[C@]12C. The molecule has 206 valence electrons. The third kappa shape index (κ3) is 5.66. The molecule has 1 saturated heterocycles. The van der Waals surface area contributed by atoms with Gasteiger partial charge in [0.1, 0.15) is 0 Å². The van der Waals surface area contributed by atoms with Crippen molar-refractivity contribution in [3.8, 4) is 0 Å². The lowest BCUT2D eigenvalue weighted by molar-refractivity contribution is -0.0530. The van der Waals surface area contributed by atoms with E-state index in [-0.39, 0.29) is 0 Å². The smallest absolute Gasteiger partial charge is 0.0481 e. The second kappa shape index (κ2) is 11.4. The zero-order valence-electron chi connectivity index (χ0n) is 24.6. The van der Waals surface area contributed by atoms with Crippen LogP contribution in [0.5, 0.6) is 0 Å². The summed E-state index contributed by atoms with van der Waals surface area (Å²) in [7, 11) is 0. The largest absolute Gasteiger partial charge is 0.381 e. The second-order valence-electron chi connectivity index (χ2n) is 15.0. The van der Waals surface area contributed by atoms with Crippen LogP contribution >= 0.6 is 0 Å². The van der Waals surface area contributed by atoms with Gasteiger partial charge < -0.3 is 10.1 Å². The first-order valence-electron chi connectivity index (χ1n) is 16.3. The number of hydrogen-bond donors (Lipinski definition) is 1. The molecular weight excluding hydrogens is 438 g/mol. The minimum Gasteiger partial charge on any atom is -0.381 e. The van der Waals surface area contributed by atoms with E-state index < -0.39 is 0 Å². The van der Waals surface area contributed by atoms with Gasteiger partial charge in [-0.1, -0.05) is 65.5 Å². The van der Waals surface area contributed by atoms with Crippen LogP contribution in [0.15, 0.2) is 11.6 Å². The average Bonchev–Trinajstić information content (AvgIpc) is 3.60. The third-order valence-electron chi connectivity index (χ3n) is 12.4. The van der Waals surface area contributed by atoms with Crippen molar-refractivity contribution in [2.45, 2.75) is 131 Å². The molecule has 4 aliphatic carbocycles. The van der Waals surface area contributed by atoms with E-state index in [0.717, 1.165) is 60.7 Å². The Morgan fingerprint density at radius 3 is 2.56 bits per heavy atom. The quantitative estimate of drug-likeness (QED) is 0.166. The Balaban J connectivity index is 1.15. The Kier molecular flexibility index (Phi) is 8.63. The number of fused-ring (bicyclic) bond motifs is 5. The number of rotatable bonds is 12. The number of hydrogen-bond acceptors (Lipinski definition) is 2. The predicted octanol–water partition coefficient (Wildman–Crippen LogP) is 8.80. The molecule has 0 aromatic carbocycles. The fourth-order valence-corrected chi connectivity index (χ4v) is 10.1. The minimum atomic E-state index is 0.509. The maximum absolute atomic E-state index is 5.92. The summed E-state index contributed by atoms with van der Waals surface area (Å²) in [6.07, 6.45) is 22.7. The van der Waals surface area contributed by atoms with Crippen molar-refractivity contribution in [3.63, 3.8) is 0 Å². The molecule has 36 heavy (non-hydrogen) atoms. The highest BCUT2D eigenvalue weighted by Gasteiger charge is 2.59. The van der Waals surface area contributed by atoms with Crippen molar-refractivity contribution in [2.75, 3.05) is 19.8 Å². The van der Waals surface area contributed by atoms with Crippen LogP contribution in [0.25, 0.3) is 0 Å². The van der Waals surface area contributed by atoms with Crippen molar-refractivity contribution in [1.29, 1.82) is 0 Å². The van der Waals surface area contributed by atoms with E-state index in [9.17, 15) is 0 Å². The monoisotopic (exact) mass is 497 g/mol. The van der Waals surface area contributed by atoms with Gasteiger partial charge in [-0.15, -0.1) is 0 Å². The third-order valence-corrected chi connectivity index (χ3v) is 12.4. The predicted molar refractivity (Wildman–Crippen MR) is 153 cm³/mol. The topological polar surface area (TPSA) is 31.2 Å². The number of allylic oxidation sites excluding steroid dienone is 2. The molecule has 3 saturated carbocycles. The lowest BCUT2D eigenvalue weighted by atomic mass is 9.46. The van der Waals surface area contributed by atoms with Gasteiger partial charge in [-0.2, -0.15) is 0 Å². The summed E-state index contributed by atoms with van der Waals surface area (Å²) >= 11 is 0. The highest BCUT2D eigenvalue weighted by Crippen LogP contribution is 2.67. The summed E-state index contributed by atoms with van der Waals surface area (Å²) in [6, 6.07) is 0.758. The molecule has 0 amide bonds. The Bertz CT molecular complexity index is 754. The molecule has 2 nitrogen and oxygen atoms in total. The summed E-state index contributed by atoms with van der Waals surface area (Å²) in [5.74, 6) is 6.59. The molecule has 9 atom stereocenters. The van der Waals surface area contributed by atoms with Crippen molar-refractivity contribution in [3.05, 3.63) is 11.6 Å². The first-order chi connectivity index (χ1) is 17.3. The zero-order chi connectivity index (χ0) is 25.3. The maximum Gasteiger partial charge on any atom is 0.0481 e. The lowest BCUT2D eigenvalue weighted by Gasteiger charge is -2.58. The minimum absolute atomic E-state index is 0.509. The normalized spacial score (nSPS) is 42.4. The molecular formula is C34H59NO. The number of ether oxygens (including phenoxy) is 1. The molecule has 0 aromatic heterocycles. The fourth-order valence-electron chi connectivity index (χ4n) is 10.1. The van der Waals surface area contributed by atoms with Gasteiger partial charge in [-0.25, -0.2) is 0 Å². The molecule has 5 rings (SSSR count). The van der Waals surface area contributed by atoms with Crippen LogP contribution in [0.1, 0.15) is 125 Å². The first kappa shape index (κ1) is 27.2. The van der Waals surface area contributed by atoms with Crippen LogP contribution in [0.3, 0.4) is 0 Å². The van der Waals surface area contributed by atoms with Gasteiger partial charge in [0.25, 0.3) is 0 Å². The zero-order valence-corrected chi connectivity index (χ0v) is 24.6. The molecule has 1 heterocycles. The Labute approximate surface area is 224 Å². The van der Waals surface area contributed by atoms with Crippen molar-refractivity contribution >= 4 is 0 Å². The van der Waals surface area contributed by atoms with E-state index in [0.29, 0.717) is 10.8 Å². The average molecular weight is 498 g/mol. The summed E-state index contributed by atoms with van der Waals surface area (Å²) in [5.41, 5.74) is 3.00. The standard InChI is InChI=1S/C34H59NO/c1-24(2)8-6-9-25(3)30-13-14-31-29-12-11-27-22-26(10-7-20-36-21-17-28-23-35-28)15-18-33(27,4)32(29)16-19-34(30,31)5/h11,24-26,28-32,35H,6-10,12-23H2,1-5H3/t25?,26-,28?,29?,30?,31?,32?,33-,34+/m0/s1. The summed E-state index contributed by atoms with van der Waals surface area (Å²) < 4.78 is 5.92. The van der Waals surface area contributed by atoms with Crippen LogP contribution in [0, 0.1) is 52.3 Å². The highest BCUT2D eigenvalue weighted by atomic mass is 16.5. The fraction of sp³-hybridized carbons (Fsp3) is 0.941.